The van der Waals surface area contributed by atoms with E-state index in [-0.39, 0.29) is 10.8 Å². The third-order valence-corrected chi connectivity index (χ3v) is 3.12. The lowest BCUT2D eigenvalue weighted by atomic mass is 10.2. The molecular formula is C10H13ClN4O2. The smallest absolute Gasteiger partial charge is 0.348 e. The fourth-order valence-electron chi connectivity index (χ4n) is 2.02. The van der Waals surface area contributed by atoms with Gasteiger partial charge in [0.25, 0.3) is 0 Å². The maximum Gasteiger partial charge on any atom is 0.348 e. The van der Waals surface area contributed by atoms with Crippen molar-refractivity contribution in [3.8, 4) is 0 Å². The van der Waals surface area contributed by atoms with E-state index >= 15 is 0 Å². The summed E-state index contributed by atoms with van der Waals surface area (Å²) < 4.78 is 0. The lowest BCUT2D eigenvalue weighted by molar-refractivity contribution is -0.384. The molecule has 1 aliphatic heterocycles. The van der Waals surface area contributed by atoms with Crippen molar-refractivity contribution >= 4 is 23.1 Å². The third-order valence-electron chi connectivity index (χ3n) is 2.85. The van der Waals surface area contributed by atoms with Crippen LogP contribution in [0.5, 0.6) is 0 Å². The molecule has 0 aliphatic carbocycles. The number of hydrogen-bond donors (Lipinski definition) is 0. The lowest BCUT2D eigenvalue weighted by Crippen LogP contribution is -2.26. The van der Waals surface area contributed by atoms with E-state index in [2.05, 4.69) is 9.97 Å². The Balaban J connectivity index is 2.36. The highest BCUT2D eigenvalue weighted by molar-refractivity contribution is 6.31. The van der Waals surface area contributed by atoms with Crippen molar-refractivity contribution in [2.75, 3.05) is 18.0 Å². The van der Waals surface area contributed by atoms with Gasteiger partial charge in [-0.1, -0.05) is 24.4 Å². The first-order valence-corrected chi connectivity index (χ1v) is 5.98. The standard InChI is InChI=1S/C10H13ClN4O2/c11-9-8(15(16)17)10(13-7-12-9)14-5-3-1-2-4-6-14/h7H,1-6H2. The summed E-state index contributed by atoms with van der Waals surface area (Å²) in [6.07, 6.45) is 5.64. The van der Waals surface area contributed by atoms with Crippen LogP contribution < -0.4 is 4.90 Å². The van der Waals surface area contributed by atoms with Gasteiger partial charge in [-0.2, -0.15) is 0 Å². The molecule has 0 bridgehead atoms. The Hall–Kier alpha value is -1.43. The Bertz CT molecular complexity index is 419. The van der Waals surface area contributed by atoms with Crippen molar-refractivity contribution in [2.45, 2.75) is 25.7 Å². The summed E-state index contributed by atoms with van der Waals surface area (Å²) >= 11 is 5.76. The number of nitrogens with zero attached hydrogens (tertiary/aromatic N) is 4. The molecule has 0 saturated carbocycles. The average Bonchev–Trinajstić information content (AvgIpc) is 2.56. The van der Waals surface area contributed by atoms with E-state index < -0.39 is 4.92 Å². The van der Waals surface area contributed by atoms with Crippen LogP contribution in [0.1, 0.15) is 25.7 Å². The number of anilines is 1. The molecule has 0 atom stereocenters. The van der Waals surface area contributed by atoms with E-state index in [4.69, 9.17) is 11.6 Å². The number of nitro groups is 1. The first-order valence-electron chi connectivity index (χ1n) is 5.60. The van der Waals surface area contributed by atoms with Crippen LogP contribution >= 0.6 is 11.6 Å². The van der Waals surface area contributed by atoms with Crippen LogP contribution in [0.25, 0.3) is 0 Å². The zero-order valence-electron chi connectivity index (χ0n) is 9.30. The maximum absolute atomic E-state index is 11.0. The number of rotatable bonds is 2. The van der Waals surface area contributed by atoms with Gasteiger partial charge >= 0.3 is 5.69 Å². The van der Waals surface area contributed by atoms with Crippen LogP contribution in [0.15, 0.2) is 6.33 Å². The van der Waals surface area contributed by atoms with Crippen molar-refractivity contribution in [3.63, 3.8) is 0 Å². The predicted octanol–water partition coefficient (Wildman–Crippen LogP) is 2.42. The number of halogens is 1. The molecule has 17 heavy (non-hydrogen) atoms. The molecule has 1 aliphatic rings. The van der Waals surface area contributed by atoms with E-state index in [0.29, 0.717) is 5.82 Å². The number of aromatic nitrogens is 2. The van der Waals surface area contributed by atoms with E-state index in [1.54, 1.807) is 0 Å². The van der Waals surface area contributed by atoms with Crippen LogP contribution in [0.4, 0.5) is 11.5 Å². The molecule has 1 aromatic heterocycles. The Kier molecular flexibility index (Phi) is 3.73. The molecule has 0 radical (unpaired) electrons. The van der Waals surface area contributed by atoms with Crippen molar-refractivity contribution in [3.05, 3.63) is 21.6 Å². The van der Waals surface area contributed by atoms with Gasteiger partial charge in [-0.05, 0) is 12.8 Å². The molecular weight excluding hydrogens is 244 g/mol. The summed E-state index contributed by atoms with van der Waals surface area (Å²) in [5.74, 6) is 0.344. The fourth-order valence-corrected chi connectivity index (χ4v) is 2.22. The van der Waals surface area contributed by atoms with Gasteiger partial charge in [-0.25, -0.2) is 9.97 Å². The highest BCUT2D eigenvalue weighted by Gasteiger charge is 2.26. The molecule has 0 unspecified atom stereocenters. The topological polar surface area (TPSA) is 72.2 Å². The molecule has 1 aromatic rings. The second-order valence-corrected chi connectivity index (χ2v) is 4.35. The van der Waals surface area contributed by atoms with Gasteiger partial charge < -0.3 is 4.90 Å². The van der Waals surface area contributed by atoms with Crippen LogP contribution in [0, 0.1) is 10.1 Å². The normalized spacial score (nSPS) is 16.6. The van der Waals surface area contributed by atoms with Gasteiger partial charge in [0, 0.05) is 13.1 Å². The molecule has 92 valence electrons. The van der Waals surface area contributed by atoms with Gasteiger partial charge in [0.15, 0.2) is 0 Å². The van der Waals surface area contributed by atoms with Crippen LogP contribution in [-0.4, -0.2) is 28.0 Å². The summed E-state index contributed by atoms with van der Waals surface area (Å²) in [5, 5.41) is 10.9. The minimum absolute atomic E-state index is 0.0933. The highest BCUT2D eigenvalue weighted by atomic mass is 35.5. The van der Waals surface area contributed by atoms with Crippen LogP contribution in [0.3, 0.4) is 0 Å². The summed E-state index contributed by atoms with van der Waals surface area (Å²) in [5.41, 5.74) is -0.184. The molecule has 2 rings (SSSR count). The van der Waals surface area contributed by atoms with Crippen molar-refractivity contribution in [1.82, 2.24) is 9.97 Å². The second-order valence-electron chi connectivity index (χ2n) is 4.00. The molecule has 1 saturated heterocycles. The summed E-state index contributed by atoms with van der Waals surface area (Å²) in [6, 6.07) is 0. The van der Waals surface area contributed by atoms with Crippen LogP contribution in [0.2, 0.25) is 5.15 Å². The second kappa shape index (κ2) is 5.27. The highest BCUT2D eigenvalue weighted by Crippen LogP contribution is 2.32. The Labute approximate surface area is 104 Å². The molecule has 0 N–H and O–H groups in total. The van der Waals surface area contributed by atoms with Gasteiger partial charge in [-0.15, -0.1) is 0 Å². The monoisotopic (exact) mass is 256 g/mol. The first kappa shape index (κ1) is 12.0. The fraction of sp³-hybridized carbons (Fsp3) is 0.600. The number of hydrogen-bond acceptors (Lipinski definition) is 5. The minimum Gasteiger partial charge on any atom is -0.351 e. The predicted molar refractivity (Wildman–Crippen MR) is 64.4 cm³/mol. The summed E-state index contributed by atoms with van der Waals surface area (Å²) in [4.78, 5) is 20.1. The van der Waals surface area contributed by atoms with E-state index in [1.165, 1.54) is 6.33 Å². The Morgan fingerprint density at radius 3 is 2.47 bits per heavy atom. The zero-order valence-corrected chi connectivity index (χ0v) is 10.1. The zero-order chi connectivity index (χ0) is 12.3. The third kappa shape index (κ3) is 2.63. The molecule has 0 spiro atoms. The van der Waals surface area contributed by atoms with Gasteiger partial charge in [0.2, 0.25) is 11.0 Å². The molecule has 6 nitrogen and oxygen atoms in total. The SMILES string of the molecule is O=[N+]([O-])c1c(Cl)ncnc1N1CCCCCC1. The van der Waals surface area contributed by atoms with Gasteiger partial charge in [-0.3, -0.25) is 10.1 Å². The largest absolute Gasteiger partial charge is 0.351 e. The average molecular weight is 257 g/mol. The summed E-state index contributed by atoms with van der Waals surface area (Å²) in [6.45, 7) is 1.57. The van der Waals surface area contributed by atoms with Crippen molar-refractivity contribution in [2.24, 2.45) is 0 Å². The molecule has 0 amide bonds. The van der Waals surface area contributed by atoms with Gasteiger partial charge in [0.1, 0.15) is 6.33 Å². The van der Waals surface area contributed by atoms with E-state index in [0.717, 1.165) is 38.8 Å². The Morgan fingerprint density at radius 1 is 1.24 bits per heavy atom. The molecule has 2 heterocycles. The quantitative estimate of drug-likeness (QED) is 0.462. The van der Waals surface area contributed by atoms with Crippen LogP contribution in [-0.2, 0) is 0 Å². The first-order chi connectivity index (χ1) is 8.20. The van der Waals surface area contributed by atoms with Gasteiger partial charge in [0.05, 0.1) is 4.92 Å². The van der Waals surface area contributed by atoms with Crippen molar-refractivity contribution in [1.29, 1.82) is 0 Å². The maximum atomic E-state index is 11.0. The molecule has 0 aromatic carbocycles. The van der Waals surface area contributed by atoms with E-state index in [9.17, 15) is 10.1 Å². The lowest BCUT2D eigenvalue weighted by Gasteiger charge is -2.20. The summed E-state index contributed by atoms with van der Waals surface area (Å²) in [7, 11) is 0. The van der Waals surface area contributed by atoms with E-state index in [1.807, 2.05) is 4.90 Å². The molecule has 7 heteroatoms. The Morgan fingerprint density at radius 2 is 1.88 bits per heavy atom. The molecule has 1 fully saturated rings. The van der Waals surface area contributed by atoms with Crippen molar-refractivity contribution < 1.29 is 4.92 Å². The minimum atomic E-state index is -0.511.